The van der Waals surface area contributed by atoms with E-state index in [0.717, 1.165) is 54.8 Å². The van der Waals surface area contributed by atoms with Gasteiger partial charge in [0, 0.05) is 6.42 Å². The smallest absolute Gasteiger partial charge is 0.104 e. The molecule has 8 atom stereocenters. The van der Waals surface area contributed by atoms with Crippen molar-refractivity contribution in [3.05, 3.63) is 11.6 Å². The average molecular weight is 389 g/mol. The van der Waals surface area contributed by atoms with Crippen molar-refractivity contribution in [1.82, 2.24) is 0 Å². The molecule has 3 fully saturated rings. The summed E-state index contributed by atoms with van der Waals surface area (Å²) in [4.78, 5) is 0. The van der Waals surface area contributed by atoms with E-state index in [2.05, 4.69) is 40.7 Å². The second-order valence-electron chi connectivity index (χ2n) is 12.1. The highest BCUT2D eigenvalue weighted by atomic mass is 19.1. The van der Waals surface area contributed by atoms with E-state index in [0.29, 0.717) is 10.8 Å². The summed E-state index contributed by atoms with van der Waals surface area (Å²) in [5.74, 6) is 5.28. The molecule has 4 aliphatic rings. The zero-order valence-corrected chi connectivity index (χ0v) is 19.3. The van der Waals surface area contributed by atoms with E-state index < -0.39 is 6.17 Å². The largest absolute Gasteiger partial charge is 0.247 e. The molecule has 4 aliphatic carbocycles. The van der Waals surface area contributed by atoms with Crippen LogP contribution in [0.15, 0.2) is 11.6 Å². The summed E-state index contributed by atoms with van der Waals surface area (Å²) < 4.78 is 14.1. The van der Waals surface area contributed by atoms with Gasteiger partial charge in [0.05, 0.1) is 0 Å². The molecule has 0 nitrogen and oxygen atoms in total. The molecular formula is C27H45F. The lowest BCUT2D eigenvalue weighted by Gasteiger charge is -2.58. The molecule has 0 amide bonds. The molecular weight excluding hydrogens is 343 g/mol. The third-order valence-electron chi connectivity index (χ3n) is 10.2. The first kappa shape index (κ1) is 20.9. The van der Waals surface area contributed by atoms with Crippen LogP contribution in [0.5, 0.6) is 0 Å². The topological polar surface area (TPSA) is 0 Å². The van der Waals surface area contributed by atoms with Gasteiger partial charge in [-0.1, -0.05) is 65.5 Å². The second-order valence-corrected chi connectivity index (χ2v) is 12.1. The van der Waals surface area contributed by atoms with E-state index >= 15 is 0 Å². The van der Waals surface area contributed by atoms with Crippen LogP contribution in [-0.2, 0) is 0 Å². The van der Waals surface area contributed by atoms with E-state index in [1.165, 1.54) is 56.9 Å². The molecule has 160 valence electrons. The molecule has 0 aromatic heterocycles. The lowest BCUT2D eigenvalue weighted by molar-refractivity contribution is -0.0537. The van der Waals surface area contributed by atoms with Crippen molar-refractivity contribution >= 4 is 0 Å². The molecule has 0 spiro atoms. The Hall–Kier alpha value is -0.330. The lowest BCUT2D eigenvalue weighted by atomic mass is 9.47. The van der Waals surface area contributed by atoms with Crippen molar-refractivity contribution in [2.45, 2.75) is 111 Å². The Morgan fingerprint density at radius 1 is 1.00 bits per heavy atom. The van der Waals surface area contributed by atoms with Crippen molar-refractivity contribution < 1.29 is 4.39 Å². The molecule has 3 saturated carbocycles. The van der Waals surface area contributed by atoms with Crippen molar-refractivity contribution in [2.24, 2.45) is 46.3 Å². The normalized spacial score (nSPS) is 46.5. The number of halogens is 1. The number of rotatable bonds is 5. The minimum atomic E-state index is -0.577. The van der Waals surface area contributed by atoms with E-state index in [9.17, 15) is 4.39 Å². The predicted octanol–water partition coefficient (Wildman–Crippen LogP) is 8.37. The SMILES string of the molecule is CC(C)CCC[C@@H](C)[C@H]1CC[C@H]2[C@@H]3CC=C4C[C@@H](F)CC[C@]4(C)C3CC[C@]12C. The van der Waals surface area contributed by atoms with Gasteiger partial charge >= 0.3 is 0 Å². The first-order valence-electron chi connectivity index (χ1n) is 12.6. The number of alkyl halides is 1. The van der Waals surface area contributed by atoms with Gasteiger partial charge in [-0.05, 0) is 91.3 Å². The molecule has 0 N–H and O–H groups in total. The number of allylic oxidation sites excluding steroid dienone is 2. The summed E-state index contributed by atoms with van der Waals surface area (Å²) in [6.07, 6.45) is 15.8. The first-order chi connectivity index (χ1) is 13.3. The van der Waals surface area contributed by atoms with Crippen LogP contribution < -0.4 is 0 Å². The number of hydrogen-bond donors (Lipinski definition) is 0. The fraction of sp³-hybridized carbons (Fsp3) is 0.926. The third-order valence-corrected chi connectivity index (χ3v) is 10.2. The number of hydrogen-bond acceptors (Lipinski definition) is 0. The maximum Gasteiger partial charge on any atom is 0.104 e. The van der Waals surface area contributed by atoms with Crippen LogP contribution in [0.1, 0.15) is 105 Å². The number of fused-ring (bicyclic) bond motifs is 5. The second kappa shape index (κ2) is 7.73. The Labute approximate surface area is 174 Å². The summed E-state index contributed by atoms with van der Waals surface area (Å²) in [6, 6.07) is 0. The van der Waals surface area contributed by atoms with Gasteiger partial charge in [0.2, 0.25) is 0 Å². The molecule has 0 heterocycles. The maximum atomic E-state index is 14.1. The first-order valence-corrected chi connectivity index (χ1v) is 12.6. The highest BCUT2D eigenvalue weighted by Gasteiger charge is 2.59. The van der Waals surface area contributed by atoms with Gasteiger partial charge in [-0.2, -0.15) is 0 Å². The minimum absolute atomic E-state index is 0.313. The average Bonchev–Trinajstić information content (AvgIpc) is 2.99. The summed E-state index contributed by atoms with van der Waals surface area (Å²) in [5.41, 5.74) is 2.37. The molecule has 0 aromatic carbocycles. The van der Waals surface area contributed by atoms with Crippen LogP contribution in [-0.4, -0.2) is 6.17 Å². The van der Waals surface area contributed by atoms with Gasteiger partial charge < -0.3 is 0 Å². The van der Waals surface area contributed by atoms with Gasteiger partial charge in [-0.3, -0.25) is 0 Å². The molecule has 0 radical (unpaired) electrons. The van der Waals surface area contributed by atoms with Crippen LogP contribution in [0.3, 0.4) is 0 Å². The van der Waals surface area contributed by atoms with E-state index in [1.807, 2.05) is 0 Å². The summed E-state index contributed by atoms with van der Waals surface area (Å²) in [6.45, 7) is 12.5. The predicted molar refractivity (Wildman–Crippen MR) is 118 cm³/mol. The van der Waals surface area contributed by atoms with Crippen LogP contribution >= 0.6 is 0 Å². The maximum absolute atomic E-state index is 14.1. The standard InChI is InChI=1S/C27H45F/c1-18(2)7-6-8-19(3)23-11-12-24-22-10-9-20-17-21(28)13-15-26(20,4)25(22)14-16-27(23,24)5/h9,18-19,21-25H,6-8,10-17H2,1-5H3/t19-,21+,22+,23-,24+,25?,26+,27-/m1/s1. The van der Waals surface area contributed by atoms with E-state index in [-0.39, 0.29) is 0 Å². The highest BCUT2D eigenvalue weighted by Crippen LogP contribution is 2.67. The zero-order valence-electron chi connectivity index (χ0n) is 19.3. The Kier molecular flexibility index (Phi) is 5.78. The quantitative estimate of drug-likeness (QED) is 0.415. The van der Waals surface area contributed by atoms with E-state index in [1.54, 1.807) is 0 Å². The molecule has 0 aliphatic heterocycles. The molecule has 0 bridgehead atoms. The Bertz CT molecular complexity index is 591. The molecule has 0 aromatic rings. The van der Waals surface area contributed by atoms with Gasteiger partial charge in [-0.15, -0.1) is 0 Å². The van der Waals surface area contributed by atoms with Crippen LogP contribution in [0, 0.1) is 46.3 Å². The Balaban J connectivity index is 1.49. The molecule has 4 rings (SSSR count). The van der Waals surface area contributed by atoms with Crippen molar-refractivity contribution in [3.63, 3.8) is 0 Å². The molecule has 28 heavy (non-hydrogen) atoms. The monoisotopic (exact) mass is 388 g/mol. The minimum Gasteiger partial charge on any atom is -0.247 e. The lowest BCUT2D eigenvalue weighted by Crippen LogP contribution is -2.50. The van der Waals surface area contributed by atoms with Crippen molar-refractivity contribution in [2.75, 3.05) is 0 Å². The van der Waals surface area contributed by atoms with Crippen LogP contribution in [0.4, 0.5) is 4.39 Å². The van der Waals surface area contributed by atoms with Gasteiger partial charge in [0.1, 0.15) is 6.17 Å². The van der Waals surface area contributed by atoms with Gasteiger partial charge in [0.15, 0.2) is 0 Å². The van der Waals surface area contributed by atoms with Gasteiger partial charge in [-0.25, -0.2) is 4.39 Å². The van der Waals surface area contributed by atoms with Crippen molar-refractivity contribution in [1.29, 1.82) is 0 Å². The summed E-state index contributed by atoms with van der Waals surface area (Å²) in [7, 11) is 0. The fourth-order valence-corrected chi connectivity index (χ4v) is 8.64. The molecule has 1 unspecified atom stereocenters. The summed E-state index contributed by atoms with van der Waals surface area (Å²) in [5, 5.41) is 0. The fourth-order valence-electron chi connectivity index (χ4n) is 8.64. The summed E-state index contributed by atoms with van der Waals surface area (Å²) >= 11 is 0. The third kappa shape index (κ3) is 3.41. The van der Waals surface area contributed by atoms with Crippen LogP contribution in [0.25, 0.3) is 0 Å². The Morgan fingerprint density at radius 2 is 1.79 bits per heavy atom. The van der Waals surface area contributed by atoms with Crippen molar-refractivity contribution in [3.8, 4) is 0 Å². The molecule has 1 heteroatoms. The highest BCUT2D eigenvalue weighted by molar-refractivity contribution is 5.25. The van der Waals surface area contributed by atoms with Crippen LogP contribution in [0.2, 0.25) is 0 Å². The zero-order chi connectivity index (χ0) is 20.1. The molecule has 0 saturated heterocycles. The van der Waals surface area contributed by atoms with E-state index in [4.69, 9.17) is 0 Å². The van der Waals surface area contributed by atoms with Gasteiger partial charge in [0.25, 0.3) is 0 Å². The Morgan fingerprint density at radius 3 is 2.54 bits per heavy atom.